The molecule has 3 rings (SSSR count). The minimum absolute atomic E-state index is 0.192. The molecule has 1 aliphatic rings. The number of piperazine rings is 1. The molecule has 2 aromatic heterocycles. The number of hydrogen-bond acceptors (Lipinski definition) is 7. The molecule has 0 bridgehead atoms. The molecule has 0 saturated carbocycles. The number of carbonyl (C=O) groups excluding carboxylic acids is 3. The number of esters is 1. The van der Waals surface area contributed by atoms with Crippen molar-refractivity contribution in [3.8, 4) is 0 Å². The predicted molar refractivity (Wildman–Crippen MR) is 97.7 cm³/mol. The Hall–Kier alpha value is -2.68. The van der Waals surface area contributed by atoms with Gasteiger partial charge in [0.1, 0.15) is 4.88 Å². The van der Waals surface area contributed by atoms with E-state index in [1.807, 2.05) is 6.92 Å². The van der Waals surface area contributed by atoms with Gasteiger partial charge in [0.2, 0.25) is 0 Å². The molecule has 3 heterocycles. The molecule has 0 aliphatic carbocycles. The summed E-state index contributed by atoms with van der Waals surface area (Å²) in [5.41, 5.74) is 0.604. The Labute approximate surface area is 160 Å². The molecule has 1 fully saturated rings. The first-order chi connectivity index (χ1) is 12.9. The molecule has 0 aromatic carbocycles. The Balaban J connectivity index is 1.53. The highest BCUT2D eigenvalue weighted by Crippen LogP contribution is 2.19. The van der Waals surface area contributed by atoms with Gasteiger partial charge in [-0.3, -0.25) is 9.59 Å². The molecule has 1 saturated heterocycles. The highest BCUT2D eigenvalue weighted by Gasteiger charge is 2.30. The van der Waals surface area contributed by atoms with E-state index in [1.54, 1.807) is 35.8 Å². The average Bonchev–Trinajstić information content (AvgIpc) is 3.30. The van der Waals surface area contributed by atoms with E-state index in [0.717, 1.165) is 5.01 Å². The second kappa shape index (κ2) is 7.91. The van der Waals surface area contributed by atoms with E-state index < -0.39 is 12.1 Å². The quantitative estimate of drug-likeness (QED) is 0.739. The molecule has 9 heteroatoms. The number of nitrogens with zero attached hydrogens (tertiary/aromatic N) is 3. The third kappa shape index (κ3) is 4.19. The van der Waals surface area contributed by atoms with E-state index in [9.17, 15) is 14.4 Å². The smallest absolute Gasteiger partial charge is 0.351 e. The molecule has 1 atom stereocenters. The normalized spacial score (nSPS) is 15.5. The molecule has 0 unspecified atom stereocenters. The van der Waals surface area contributed by atoms with Gasteiger partial charge in [-0.25, -0.2) is 9.78 Å². The summed E-state index contributed by atoms with van der Waals surface area (Å²) in [6.45, 7) is 6.67. The molecule has 8 nitrogen and oxygen atoms in total. The first kappa shape index (κ1) is 19.1. The highest BCUT2D eigenvalue weighted by atomic mass is 32.1. The number of aromatic nitrogens is 1. The maximum Gasteiger partial charge on any atom is 0.351 e. The van der Waals surface area contributed by atoms with Gasteiger partial charge in [0, 0.05) is 26.2 Å². The Bertz CT molecular complexity index is 837. The van der Waals surface area contributed by atoms with Crippen molar-refractivity contribution in [3.63, 3.8) is 0 Å². The van der Waals surface area contributed by atoms with Crippen molar-refractivity contribution in [2.24, 2.45) is 0 Å². The van der Waals surface area contributed by atoms with Gasteiger partial charge in [0.15, 0.2) is 11.9 Å². The van der Waals surface area contributed by atoms with Gasteiger partial charge in [-0.2, -0.15) is 0 Å². The Morgan fingerprint density at radius 3 is 2.41 bits per heavy atom. The lowest BCUT2D eigenvalue weighted by Crippen LogP contribution is -2.53. The number of rotatable bonds is 4. The number of aryl methyl sites for hydroxylation is 2. The van der Waals surface area contributed by atoms with Crippen molar-refractivity contribution in [1.29, 1.82) is 0 Å². The Kier molecular flexibility index (Phi) is 5.59. The zero-order valence-electron chi connectivity index (χ0n) is 15.4. The van der Waals surface area contributed by atoms with Crippen LogP contribution in [-0.2, 0) is 9.53 Å². The van der Waals surface area contributed by atoms with Crippen molar-refractivity contribution >= 4 is 29.1 Å². The summed E-state index contributed by atoms with van der Waals surface area (Å²) in [4.78, 5) is 45.0. The monoisotopic (exact) mass is 391 g/mol. The van der Waals surface area contributed by atoms with Crippen LogP contribution in [0.2, 0.25) is 0 Å². The largest absolute Gasteiger partial charge is 0.459 e. The number of ether oxygens (including phenoxy) is 1. The predicted octanol–water partition coefficient (Wildman–Crippen LogP) is 1.88. The van der Waals surface area contributed by atoms with E-state index in [2.05, 4.69) is 4.98 Å². The number of hydrogen-bond donors (Lipinski definition) is 0. The molecule has 144 valence electrons. The summed E-state index contributed by atoms with van der Waals surface area (Å²) >= 11 is 1.25. The lowest BCUT2D eigenvalue weighted by molar-refractivity contribution is -0.141. The number of furan rings is 1. The fourth-order valence-corrected chi connectivity index (χ4v) is 3.73. The molecule has 2 amide bonds. The summed E-state index contributed by atoms with van der Waals surface area (Å²) in [7, 11) is 0. The van der Waals surface area contributed by atoms with Crippen LogP contribution in [0, 0.1) is 13.8 Å². The van der Waals surface area contributed by atoms with Crippen molar-refractivity contribution in [1.82, 2.24) is 14.8 Å². The minimum Gasteiger partial charge on any atom is -0.459 e. The third-order valence-corrected chi connectivity index (χ3v) is 5.38. The van der Waals surface area contributed by atoms with Gasteiger partial charge in [-0.05, 0) is 32.9 Å². The summed E-state index contributed by atoms with van der Waals surface area (Å²) in [6.07, 6.45) is 0.557. The van der Waals surface area contributed by atoms with E-state index in [1.165, 1.54) is 17.6 Å². The average molecular weight is 391 g/mol. The number of thiazole rings is 1. The molecular formula is C18H21N3O5S. The van der Waals surface area contributed by atoms with E-state index in [4.69, 9.17) is 9.15 Å². The van der Waals surface area contributed by atoms with Gasteiger partial charge in [-0.1, -0.05) is 0 Å². The van der Waals surface area contributed by atoms with Gasteiger partial charge >= 0.3 is 5.97 Å². The summed E-state index contributed by atoms with van der Waals surface area (Å²) in [5.74, 6) is -0.715. The van der Waals surface area contributed by atoms with Crippen LogP contribution in [0.15, 0.2) is 22.8 Å². The molecule has 0 N–H and O–H groups in total. The Morgan fingerprint density at radius 1 is 1.19 bits per heavy atom. The van der Waals surface area contributed by atoms with Gasteiger partial charge < -0.3 is 19.0 Å². The first-order valence-electron chi connectivity index (χ1n) is 8.63. The maximum atomic E-state index is 12.6. The minimum atomic E-state index is -0.897. The maximum absolute atomic E-state index is 12.6. The van der Waals surface area contributed by atoms with Gasteiger partial charge in [0.25, 0.3) is 11.8 Å². The fourth-order valence-electron chi connectivity index (χ4n) is 2.93. The number of amides is 2. The molecule has 0 radical (unpaired) electrons. The van der Waals surface area contributed by atoms with Crippen molar-refractivity contribution in [2.45, 2.75) is 26.9 Å². The standard InChI is InChI=1S/C18H21N3O5S/c1-11-15(27-13(3)19-11)18(24)26-12(2)16(22)20-6-8-21(9-7-20)17(23)14-5-4-10-25-14/h4-5,10,12H,6-9H2,1-3H3/t12-/m0/s1. The van der Waals surface area contributed by atoms with Crippen LogP contribution < -0.4 is 0 Å². The lowest BCUT2D eigenvalue weighted by Gasteiger charge is -2.35. The molecular weight excluding hydrogens is 370 g/mol. The SMILES string of the molecule is Cc1nc(C)c(C(=O)O[C@@H](C)C(=O)N2CCN(C(=O)c3ccco3)CC2)s1. The summed E-state index contributed by atoms with van der Waals surface area (Å²) < 4.78 is 10.4. The van der Waals surface area contributed by atoms with Crippen molar-refractivity contribution in [2.75, 3.05) is 26.2 Å². The fraction of sp³-hybridized carbons (Fsp3) is 0.444. The summed E-state index contributed by atoms with van der Waals surface area (Å²) in [5, 5.41) is 0.774. The van der Waals surface area contributed by atoms with Gasteiger partial charge in [0.05, 0.1) is 17.0 Å². The number of carbonyl (C=O) groups is 3. The topological polar surface area (TPSA) is 93.0 Å². The summed E-state index contributed by atoms with van der Waals surface area (Å²) in [6, 6.07) is 3.28. The van der Waals surface area contributed by atoms with Gasteiger partial charge in [-0.15, -0.1) is 11.3 Å². The van der Waals surface area contributed by atoms with Crippen LogP contribution >= 0.6 is 11.3 Å². The first-order valence-corrected chi connectivity index (χ1v) is 9.45. The van der Waals surface area contributed by atoms with Crippen molar-refractivity contribution < 1.29 is 23.5 Å². The van der Waals surface area contributed by atoms with Crippen LogP contribution in [0.4, 0.5) is 0 Å². The zero-order chi connectivity index (χ0) is 19.6. The second-order valence-electron chi connectivity index (χ2n) is 6.29. The molecule has 1 aliphatic heterocycles. The van der Waals surface area contributed by atoms with Crippen LogP contribution in [0.3, 0.4) is 0 Å². The molecule has 0 spiro atoms. The Morgan fingerprint density at radius 2 is 1.85 bits per heavy atom. The van der Waals surface area contributed by atoms with E-state index in [-0.39, 0.29) is 17.6 Å². The van der Waals surface area contributed by atoms with Crippen molar-refractivity contribution in [3.05, 3.63) is 39.7 Å². The third-order valence-electron chi connectivity index (χ3n) is 4.33. The highest BCUT2D eigenvalue weighted by molar-refractivity contribution is 7.13. The second-order valence-corrected chi connectivity index (χ2v) is 7.49. The van der Waals surface area contributed by atoms with E-state index in [0.29, 0.717) is 36.8 Å². The van der Waals surface area contributed by atoms with Crippen LogP contribution in [0.5, 0.6) is 0 Å². The lowest BCUT2D eigenvalue weighted by atomic mass is 10.2. The molecule has 2 aromatic rings. The molecule has 27 heavy (non-hydrogen) atoms. The van der Waals surface area contributed by atoms with Crippen LogP contribution in [-0.4, -0.2) is 64.9 Å². The van der Waals surface area contributed by atoms with E-state index >= 15 is 0 Å². The van der Waals surface area contributed by atoms with Crippen LogP contribution in [0.25, 0.3) is 0 Å². The van der Waals surface area contributed by atoms with Crippen LogP contribution in [0.1, 0.15) is 37.9 Å². The zero-order valence-corrected chi connectivity index (χ0v) is 16.2.